The molecule has 3 heterocycles. The molecule has 0 aromatic carbocycles. The van der Waals surface area contributed by atoms with E-state index in [2.05, 4.69) is 36.2 Å². The first kappa shape index (κ1) is 12.5. The second-order valence-electron chi connectivity index (χ2n) is 4.19. The fourth-order valence-electron chi connectivity index (χ4n) is 1.81. The van der Waals surface area contributed by atoms with Gasteiger partial charge in [-0.15, -0.1) is 10.2 Å². The third-order valence-electron chi connectivity index (χ3n) is 3.00. The van der Waals surface area contributed by atoms with E-state index in [1.807, 2.05) is 19.9 Å². The van der Waals surface area contributed by atoms with Gasteiger partial charge in [0.1, 0.15) is 0 Å². The first-order valence-electron chi connectivity index (χ1n) is 5.57. The summed E-state index contributed by atoms with van der Waals surface area (Å²) in [5.41, 5.74) is 3.42. The fraction of sp³-hybridized carbons (Fsp3) is 0.167. The van der Waals surface area contributed by atoms with E-state index in [0.29, 0.717) is 16.6 Å². The summed E-state index contributed by atoms with van der Waals surface area (Å²) in [5, 5.41) is 13.1. The first-order chi connectivity index (χ1) is 9.08. The Morgan fingerprint density at radius 2 is 1.95 bits per heavy atom. The zero-order valence-corrected chi connectivity index (χ0v) is 12.6. The molecule has 0 N–H and O–H groups in total. The normalized spacial score (nSPS) is 11.2. The standard InChI is InChI=1S/C12H9BrClN5/c1-6-7(2)11-16-17-12(19(11)18-10(6)14)8-3-9(13)5-15-4-8/h3-5H,1-2H3. The topological polar surface area (TPSA) is 56.0 Å². The van der Waals surface area contributed by atoms with E-state index in [-0.39, 0.29) is 0 Å². The van der Waals surface area contributed by atoms with Gasteiger partial charge in [-0.25, -0.2) is 0 Å². The molecular formula is C12H9BrClN5. The molecule has 0 saturated heterocycles. The smallest absolute Gasteiger partial charge is 0.187 e. The van der Waals surface area contributed by atoms with E-state index in [4.69, 9.17) is 11.6 Å². The number of fused-ring (bicyclic) bond motifs is 1. The average Bonchev–Trinajstić information content (AvgIpc) is 2.80. The van der Waals surface area contributed by atoms with Crippen molar-refractivity contribution in [3.63, 3.8) is 0 Å². The van der Waals surface area contributed by atoms with Crippen molar-refractivity contribution in [1.29, 1.82) is 0 Å². The molecule has 7 heteroatoms. The summed E-state index contributed by atoms with van der Waals surface area (Å²) in [5.74, 6) is 0.619. The van der Waals surface area contributed by atoms with Crippen LogP contribution in [0.2, 0.25) is 5.15 Å². The van der Waals surface area contributed by atoms with Gasteiger partial charge in [0, 0.05) is 28.0 Å². The highest BCUT2D eigenvalue weighted by molar-refractivity contribution is 9.10. The van der Waals surface area contributed by atoms with Crippen LogP contribution >= 0.6 is 27.5 Å². The molecule has 0 aliphatic carbocycles. The first-order valence-corrected chi connectivity index (χ1v) is 6.74. The van der Waals surface area contributed by atoms with Crippen molar-refractivity contribution in [3.05, 3.63) is 39.2 Å². The Morgan fingerprint density at radius 1 is 1.16 bits per heavy atom. The molecule has 0 atom stereocenters. The van der Waals surface area contributed by atoms with E-state index in [1.54, 1.807) is 16.9 Å². The number of hydrogen-bond acceptors (Lipinski definition) is 4. The van der Waals surface area contributed by atoms with Crippen LogP contribution in [0.4, 0.5) is 0 Å². The Labute approximate surface area is 122 Å². The molecule has 3 rings (SSSR count). The van der Waals surface area contributed by atoms with Crippen LogP contribution in [-0.2, 0) is 0 Å². The maximum absolute atomic E-state index is 6.13. The van der Waals surface area contributed by atoms with Crippen molar-refractivity contribution in [3.8, 4) is 11.4 Å². The van der Waals surface area contributed by atoms with Crippen molar-refractivity contribution in [2.45, 2.75) is 13.8 Å². The Morgan fingerprint density at radius 3 is 2.68 bits per heavy atom. The largest absolute Gasteiger partial charge is 0.263 e. The van der Waals surface area contributed by atoms with E-state index < -0.39 is 0 Å². The lowest BCUT2D eigenvalue weighted by atomic mass is 10.2. The molecule has 5 nitrogen and oxygen atoms in total. The average molecular weight is 339 g/mol. The molecule has 0 saturated carbocycles. The number of hydrogen-bond donors (Lipinski definition) is 0. The van der Waals surface area contributed by atoms with E-state index >= 15 is 0 Å². The van der Waals surface area contributed by atoms with Gasteiger partial charge in [0.25, 0.3) is 0 Å². The summed E-state index contributed by atoms with van der Waals surface area (Å²) in [6.07, 6.45) is 3.43. The molecule has 0 radical (unpaired) electrons. The third-order valence-corrected chi connectivity index (χ3v) is 3.79. The quantitative estimate of drug-likeness (QED) is 0.683. The van der Waals surface area contributed by atoms with Crippen LogP contribution in [0.5, 0.6) is 0 Å². The number of nitrogens with zero attached hydrogens (tertiary/aromatic N) is 5. The molecule has 3 aromatic rings. The van der Waals surface area contributed by atoms with Crippen LogP contribution in [0.15, 0.2) is 22.9 Å². The van der Waals surface area contributed by atoms with Gasteiger partial charge in [0.2, 0.25) is 0 Å². The Balaban J connectivity index is 2.32. The molecule has 3 aromatic heterocycles. The number of rotatable bonds is 1. The van der Waals surface area contributed by atoms with Crippen LogP contribution in [-0.4, -0.2) is 24.8 Å². The second kappa shape index (κ2) is 4.54. The Bertz CT molecular complexity index is 783. The van der Waals surface area contributed by atoms with E-state index in [9.17, 15) is 0 Å². The van der Waals surface area contributed by atoms with Gasteiger partial charge < -0.3 is 0 Å². The van der Waals surface area contributed by atoms with E-state index in [1.165, 1.54) is 0 Å². The molecule has 0 spiro atoms. The van der Waals surface area contributed by atoms with Crippen LogP contribution in [0.3, 0.4) is 0 Å². The lowest BCUT2D eigenvalue weighted by molar-refractivity contribution is 0.918. The molecular weight excluding hydrogens is 330 g/mol. The van der Waals surface area contributed by atoms with Crippen LogP contribution in [0, 0.1) is 13.8 Å². The van der Waals surface area contributed by atoms with Crippen LogP contribution in [0.1, 0.15) is 11.1 Å². The van der Waals surface area contributed by atoms with Crippen molar-refractivity contribution in [2.75, 3.05) is 0 Å². The predicted molar refractivity (Wildman–Crippen MR) is 76.2 cm³/mol. The highest BCUT2D eigenvalue weighted by Crippen LogP contribution is 2.24. The van der Waals surface area contributed by atoms with Gasteiger partial charge in [-0.2, -0.15) is 9.61 Å². The van der Waals surface area contributed by atoms with Gasteiger partial charge in [0.15, 0.2) is 16.6 Å². The highest BCUT2D eigenvalue weighted by atomic mass is 79.9. The van der Waals surface area contributed by atoms with Crippen molar-refractivity contribution >= 4 is 33.2 Å². The molecule has 0 bridgehead atoms. The molecule has 0 aliphatic heterocycles. The summed E-state index contributed by atoms with van der Waals surface area (Å²) in [6.45, 7) is 3.87. The van der Waals surface area contributed by atoms with Gasteiger partial charge in [-0.3, -0.25) is 4.98 Å². The maximum Gasteiger partial charge on any atom is 0.187 e. The number of pyridine rings is 1. The zero-order chi connectivity index (χ0) is 13.6. The molecule has 0 unspecified atom stereocenters. The molecule has 96 valence electrons. The molecule has 0 fully saturated rings. The van der Waals surface area contributed by atoms with Crippen molar-refractivity contribution in [1.82, 2.24) is 24.8 Å². The van der Waals surface area contributed by atoms with Gasteiger partial charge >= 0.3 is 0 Å². The molecule has 0 amide bonds. The second-order valence-corrected chi connectivity index (χ2v) is 5.47. The minimum atomic E-state index is 0.453. The maximum atomic E-state index is 6.13. The number of halogens is 2. The lowest BCUT2D eigenvalue weighted by Gasteiger charge is -2.05. The summed E-state index contributed by atoms with van der Waals surface area (Å²) >= 11 is 9.51. The molecule has 19 heavy (non-hydrogen) atoms. The minimum Gasteiger partial charge on any atom is -0.263 e. The Kier molecular flexibility index (Phi) is 2.99. The van der Waals surface area contributed by atoms with E-state index in [0.717, 1.165) is 21.2 Å². The minimum absolute atomic E-state index is 0.453. The zero-order valence-electron chi connectivity index (χ0n) is 10.2. The summed E-state index contributed by atoms with van der Waals surface area (Å²) in [4.78, 5) is 4.12. The molecule has 0 aliphatic rings. The summed E-state index contributed by atoms with van der Waals surface area (Å²) < 4.78 is 2.52. The number of aromatic nitrogens is 5. The summed E-state index contributed by atoms with van der Waals surface area (Å²) in [7, 11) is 0. The van der Waals surface area contributed by atoms with Crippen molar-refractivity contribution in [2.24, 2.45) is 0 Å². The van der Waals surface area contributed by atoms with Crippen LogP contribution in [0.25, 0.3) is 17.0 Å². The van der Waals surface area contributed by atoms with Gasteiger partial charge in [-0.1, -0.05) is 11.6 Å². The lowest BCUT2D eigenvalue weighted by Crippen LogP contribution is -2.00. The highest BCUT2D eigenvalue weighted by Gasteiger charge is 2.15. The summed E-state index contributed by atoms with van der Waals surface area (Å²) in [6, 6.07) is 1.91. The van der Waals surface area contributed by atoms with Crippen LogP contribution < -0.4 is 0 Å². The Hall–Kier alpha value is -1.53. The SMILES string of the molecule is Cc1c(Cl)nn2c(-c3cncc(Br)c3)nnc2c1C. The monoisotopic (exact) mass is 337 g/mol. The predicted octanol–water partition coefficient (Wildman–Crippen LogP) is 3.22. The number of aryl methyl sites for hydroxylation is 1. The fourth-order valence-corrected chi connectivity index (χ4v) is 2.39. The van der Waals surface area contributed by atoms with Gasteiger partial charge in [0.05, 0.1) is 0 Å². The third kappa shape index (κ3) is 2.01. The van der Waals surface area contributed by atoms with Gasteiger partial charge in [-0.05, 0) is 41.4 Å². The van der Waals surface area contributed by atoms with Crippen molar-refractivity contribution < 1.29 is 0 Å².